The fraction of sp³-hybridized carbons (Fsp3) is 0.389. The standard InChI is InChI=1S/C18H22N2OSi/c1-18(2,3)20-16(13-19)17(21)15-9-7-14(8-10-15)11-12-22(4,5)6/h7-10H,1-6H3. The van der Waals surface area contributed by atoms with E-state index in [0.29, 0.717) is 5.56 Å². The number of nitriles is 1. The molecule has 0 aliphatic heterocycles. The van der Waals surface area contributed by atoms with Crippen molar-refractivity contribution < 1.29 is 4.79 Å². The highest BCUT2D eigenvalue weighted by atomic mass is 28.3. The number of carbonyl (C=O) groups excluding carboxylic acids is 1. The molecular formula is C18H22N2OSi. The van der Waals surface area contributed by atoms with Crippen molar-refractivity contribution in [2.24, 2.45) is 4.99 Å². The van der Waals surface area contributed by atoms with Gasteiger partial charge < -0.3 is 0 Å². The molecule has 1 aromatic carbocycles. The normalized spacial score (nSPS) is 12.1. The van der Waals surface area contributed by atoms with Crippen molar-refractivity contribution in [3.63, 3.8) is 0 Å². The van der Waals surface area contributed by atoms with E-state index in [4.69, 9.17) is 5.26 Å². The molecule has 0 unspecified atom stereocenters. The number of carbonyl (C=O) groups is 1. The van der Waals surface area contributed by atoms with Crippen molar-refractivity contribution >= 4 is 19.6 Å². The van der Waals surface area contributed by atoms with E-state index in [1.165, 1.54) is 0 Å². The van der Waals surface area contributed by atoms with Gasteiger partial charge >= 0.3 is 0 Å². The van der Waals surface area contributed by atoms with Crippen LogP contribution in [0.15, 0.2) is 29.3 Å². The topological polar surface area (TPSA) is 53.2 Å². The molecule has 0 amide bonds. The van der Waals surface area contributed by atoms with Gasteiger partial charge in [0.2, 0.25) is 5.78 Å². The number of aliphatic imine (C=N–C) groups is 1. The highest BCUT2D eigenvalue weighted by Gasteiger charge is 2.17. The van der Waals surface area contributed by atoms with Crippen molar-refractivity contribution in [3.05, 3.63) is 35.4 Å². The van der Waals surface area contributed by atoms with Gasteiger partial charge in [-0.3, -0.25) is 9.79 Å². The Hall–Kier alpha value is -2.17. The predicted octanol–water partition coefficient (Wildman–Crippen LogP) is 3.86. The molecule has 1 aromatic rings. The molecule has 22 heavy (non-hydrogen) atoms. The monoisotopic (exact) mass is 310 g/mol. The van der Waals surface area contributed by atoms with Crippen LogP contribution in [0.1, 0.15) is 36.7 Å². The maximum Gasteiger partial charge on any atom is 0.221 e. The van der Waals surface area contributed by atoms with E-state index in [-0.39, 0.29) is 11.5 Å². The van der Waals surface area contributed by atoms with Gasteiger partial charge in [0.05, 0.1) is 5.54 Å². The van der Waals surface area contributed by atoms with Crippen molar-refractivity contribution in [1.82, 2.24) is 0 Å². The lowest BCUT2D eigenvalue weighted by atomic mass is 10.0. The molecule has 0 radical (unpaired) electrons. The smallest absolute Gasteiger partial charge is 0.221 e. The largest absolute Gasteiger partial charge is 0.286 e. The molecule has 0 atom stereocenters. The first kappa shape index (κ1) is 17.9. The summed E-state index contributed by atoms with van der Waals surface area (Å²) < 4.78 is 0. The van der Waals surface area contributed by atoms with E-state index >= 15 is 0 Å². The number of benzene rings is 1. The highest BCUT2D eigenvalue weighted by molar-refractivity contribution is 6.83. The Morgan fingerprint density at radius 1 is 1.14 bits per heavy atom. The average Bonchev–Trinajstić information content (AvgIpc) is 2.40. The van der Waals surface area contributed by atoms with Crippen LogP contribution in [-0.4, -0.2) is 25.1 Å². The maximum atomic E-state index is 12.3. The molecule has 0 saturated carbocycles. The second-order valence-electron chi connectivity index (χ2n) is 7.15. The van der Waals surface area contributed by atoms with Crippen LogP contribution in [-0.2, 0) is 0 Å². The fourth-order valence-electron chi connectivity index (χ4n) is 1.56. The van der Waals surface area contributed by atoms with Crippen LogP contribution in [0.25, 0.3) is 0 Å². The lowest BCUT2D eigenvalue weighted by Crippen LogP contribution is -2.20. The molecule has 0 N–H and O–H groups in total. The maximum absolute atomic E-state index is 12.3. The van der Waals surface area contributed by atoms with Gasteiger partial charge in [0, 0.05) is 11.1 Å². The highest BCUT2D eigenvalue weighted by Crippen LogP contribution is 2.11. The lowest BCUT2D eigenvalue weighted by Gasteiger charge is -2.12. The number of Topliss-reactive ketones (excluding diaryl/α,β-unsaturated/α-hetero) is 1. The van der Waals surface area contributed by atoms with Crippen LogP contribution in [0, 0.1) is 22.8 Å². The zero-order valence-electron chi connectivity index (χ0n) is 14.1. The molecule has 0 bridgehead atoms. The molecule has 0 aliphatic rings. The van der Waals surface area contributed by atoms with E-state index in [2.05, 4.69) is 36.1 Å². The molecule has 0 aliphatic carbocycles. The number of hydrogen-bond acceptors (Lipinski definition) is 3. The van der Waals surface area contributed by atoms with Crippen LogP contribution in [0.3, 0.4) is 0 Å². The van der Waals surface area contributed by atoms with Crippen molar-refractivity contribution in [2.75, 3.05) is 0 Å². The SMILES string of the molecule is CC(C)(C)N=C(C#N)C(=O)c1ccc(C#C[Si](C)(C)C)cc1. The first-order valence-corrected chi connectivity index (χ1v) is 10.7. The van der Waals surface area contributed by atoms with E-state index in [9.17, 15) is 4.79 Å². The molecule has 114 valence electrons. The van der Waals surface area contributed by atoms with Gasteiger partial charge in [-0.05, 0) is 45.0 Å². The first-order valence-electron chi connectivity index (χ1n) is 7.20. The Balaban J connectivity index is 3.05. The Morgan fingerprint density at radius 3 is 2.09 bits per heavy atom. The molecule has 4 heteroatoms. The zero-order chi connectivity index (χ0) is 17.0. The summed E-state index contributed by atoms with van der Waals surface area (Å²) in [7, 11) is -1.42. The molecule has 3 nitrogen and oxygen atoms in total. The van der Waals surface area contributed by atoms with Crippen LogP contribution < -0.4 is 0 Å². The second kappa shape index (κ2) is 6.73. The summed E-state index contributed by atoms with van der Waals surface area (Å²) in [6, 6.07) is 8.92. The summed E-state index contributed by atoms with van der Waals surface area (Å²) >= 11 is 0. The van der Waals surface area contributed by atoms with Crippen molar-refractivity contribution in [1.29, 1.82) is 5.26 Å². The molecule has 0 saturated heterocycles. The van der Waals surface area contributed by atoms with Crippen molar-refractivity contribution in [2.45, 2.75) is 46.0 Å². The van der Waals surface area contributed by atoms with Crippen LogP contribution in [0.5, 0.6) is 0 Å². The van der Waals surface area contributed by atoms with E-state index in [1.807, 2.05) is 39.0 Å². The summed E-state index contributed by atoms with van der Waals surface area (Å²) in [4.78, 5) is 16.5. The third-order valence-corrected chi connectivity index (χ3v) is 3.37. The molecular weight excluding hydrogens is 288 g/mol. The number of rotatable bonds is 2. The number of nitrogens with zero attached hydrogens (tertiary/aromatic N) is 2. The summed E-state index contributed by atoms with van der Waals surface area (Å²) in [5.41, 5.74) is 4.10. The molecule has 0 heterocycles. The van der Waals surface area contributed by atoms with E-state index < -0.39 is 13.6 Å². The Bertz CT molecular complexity index is 684. The van der Waals surface area contributed by atoms with Gasteiger partial charge in [0.15, 0.2) is 5.71 Å². The summed E-state index contributed by atoms with van der Waals surface area (Å²) in [5, 5.41) is 9.13. The van der Waals surface area contributed by atoms with Crippen LogP contribution in [0.4, 0.5) is 0 Å². The van der Waals surface area contributed by atoms with E-state index in [0.717, 1.165) is 5.56 Å². The van der Waals surface area contributed by atoms with Crippen LogP contribution >= 0.6 is 0 Å². The Morgan fingerprint density at radius 2 is 1.68 bits per heavy atom. The summed E-state index contributed by atoms with van der Waals surface area (Å²) in [6.45, 7) is 12.1. The van der Waals surface area contributed by atoms with E-state index in [1.54, 1.807) is 12.1 Å². The average molecular weight is 310 g/mol. The molecule has 0 fully saturated rings. The predicted molar refractivity (Wildman–Crippen MR) is 93.8 cm³/mol. The summed E-state index contributed by atoms with van der Waals surface area (Å²) in [6.07, 6.45) is 0. The number of hydrogen-bond donors (Lipinski definition) is 0. The molecule has 1 rings (SSSR count). The minimum atomic E-state index is -1.42. The van der Waals surface area contributed by atoms with Gasteiger partial charge in [-0.25, -0.2) is 0 Å². The van der Waals surface area contributed by atoms with Gasteiger partial charge in [-0.15, -0.1) is 5.54 Å². The fourth-order valence-corrected chi connectivity index (χ4v) is 2.08. The van der Waals surface area contributed by atoms with Gasteiger partial charge in [-0.2, -0.15) is 5.26 Å². The molecule has 0 spiro atoms. The third kappa shape index (κ3) is 6.07. The number of ketones is 1. The first-order chi connectivity index (χ1) is 10.0. The van der Waals surface area contributed by atoms with Gasteiger partial charge in [0.1, 0.15) is 14.1 Å². The Kier molecular flexibility index (Phi) is 5.47. The zero-order valence-corrected chi connectivity index (χ0v) is 15.1. The minimum Gasteiger partial charge on any atom is -0.286 e. The third-order valence-electron chi connectivity index (χ3n) is 2.50. The van der Waals surface area contributed by atoms with Gasteiger partial charge in [0.25, 0.3) is 0 Å². The van der Waals surface area contributed by atoms with Crippen molar-refractivity contribution in [3.8, 4) is 17.5 Å². The van der Waals surface area contributed by atoms with Gasteiger partial charge in [-0.1, -0.05) is 25.6 Å². The summed E-state index contributed by atoms with van der Waals surface area (Å²) in [5.74, 6) is 2.79. The lowest BCUT2D eigenvalue weighted by molar-refractivity contribution is 0.106. The second-order valence-corrected chi connectivity index (χ2v) is 11.9. The quantitative estimate of drug-likeness (QED) is 0.360. The molecule has 0 aromatic heterocycles. The minimum absolute atomic E-state index is 0.0616. The van der Waals surface area contributed by atoms with Crippen LogP contribution in [0.2, 0.25) is 19.6 Å². The Labute approximate surface area is 134 Å².